The average molecular weight is 246 g/mol. The van der Waals surface area contributed by atoms with Gasteiger partial charge in [-0.2, -0.15) is 0 Å². The predicted octanol–water partition coefficient (Wildman–Crippen LogP) is 2.27. The molecule has 1 aliphatic heterocycles. The molecule has 1 amide bonds. The fraction of sp³-hybridized carbons (Fsp3) is 0.533. The van der Waals surface area contributed by atoms with Crippen molar-refractivity contribution >= 4 is 11.6 Å². The minimum absolute atomic E-state index is 0.178. The molecule has 1 heterocycles. The summed E-state index contributed by atoms with van der Waals surface area (Å²) in [5, 5.41) is 3.30. The van der Waals surface area contributed by atoms with Crippen LogP contribution in [0.4, 0.5) is 5.69 Å². The summed E-state index contributed by atoms with van der Waals surface area (Å²) in [4.78, 5) is 14.2. The largest absolute Gasteiger partial charge is 0.317 e. The zero-order valence-electron chi connectivity index (χ0n) is 11.5. The Kier molecular flexibility index (Phi) is 4.02. The van der Waals surface area contributed by atoms with Gasteiger partial charge in [0.1, 0.15) is 0 Å². The van der Waals surface area contributed by atoms with Crippen LogP contribution in [0.1, 0.15) is 24.0 Å². The van der Waals surface area contributed by atoms with Crippen LogP contribution in [0.15, 0.2) is 18.2 Å². The van der Waals surface area contributed by atoms with Gasteiger partial charge in [0.05, 0.1) is 0 Å². The molecule has 1 fully saturated rings. The molecule has 18 heavy (non-hydrogen) atoms. The second-order valence-electron chi connectivity index (χ2n) is 5.27. The molecule has 1 aromatic carbocycles. The van der Waals surface area contributed by atoms with Gasteiger partial charge in [-0.05, 0) is 63.0 Å². The van der Waals surface area contributed by atoms with E-state index < -0.39 is 0 Å². The van der Waals surface area contributed by atoms with Crippen molar-refractivity contribution in [2.45, 2.75) is 26.7 Å². The quantitative estimate of drug-likeness (QED) is 0.868. The number of piperidine rings is 1. The lowest BCUT2D eigenvalue weighted by Gasteiger charge is -2.27. The maximum absolute atomic E-state index is 12.4. The first-order valence-corrected chi connectivity index (χ1v) is 6.64. The second kappa shape index (κ2) is 5.53. The number of amides is 1. The summed E-state index contributed by atoms with van der Waals surface area (Å²) >= 11 is 0. The highest BCUT2D eigenvalue weighted by Gasteiger charge is 2.24. The molecule has 1 aliphatic rings. The highest BCUT2D eigenvalue weighted by Crippen LogP contribution is 2.22. The minimum atomic E-state index is 0.178. The molecule has 3 nitrogen and oxygen atoms in total. The third-order valence-corrected chi connectivity index (χ3v) is 3.61. The molecule has 0 aromatic heterocycles. The van der Waals surface area contributed by atoms with Gasteiger partial charge in [-0.1, -0.05) is 6.07 Å². The number of benzene rings is 1. The second-order valence-corrected chi connectivity index (χ2v) is 5.27. The van der Waals surface area contributed by atoms with Crippen LogP contribution in [0.25, 0.3) is 0 Å². The van der Waals surface area contributed by atoms with Gasteiger partial charge in [-0.3, -0.25) is 4.79 Å². The Morgan fingerprint density at radius 3 is 2.28 bits per heavy atom. The molecule has 98 valence electrons. The van der Waals surface area contributed by atoms with Crippen molar-refractivity contribution < 1.29 is 4.79 Å². The molecule has 0 radical (unpaired) electrons. The molecular formula is C15H22N2O. The van der Waals surface area contributed by atoms with E-state index in [1.54, 1.807) is 0 Å². The molecule has 0 saturated carbocycles. The van der Waals surface area contributed by atoms with Crippen LogP contribution >= 0.6 is 0 Å². The topological polar surface area (TPSA) is 32.3 Å². The lowest BCUT2D eigenvalue weighted by Crippen LogP contribution is -2.39. The van der Waals surface area contributed by atoms with Crippen LogP contribution in [0.5, 0.6) is 0 Å². The molecule has 1 N–H and O–H groups in total. The fourth-order valence-corrected chi connectivity index (χ4v) is 2.61. The van der Waals surface area contributed by atoms with E-state index >= 15 is 0 Å². The van der Waals surface area contributed by atoms with Crippen molar-refractivity contribution in [2.75, 3.05) is 25.0 Å². The van der Waals surface area contributed by atoms with E-state index in [2.05, 4.69) is 37.4 Å². The maximum Gasteiger partial charge on any atom is 0.229 e. The number of carbonyl (C=O) groups is 1. The van der Waals surface area contributed by atoms with Gasteiger partial charge in [0.2, 0.25) is 5.91 Å². The maximum atomic E-state index is 12.4. The zero-order valence-corrected chi connectivity index (χ0v) is 11.5. The smallest absolute Gasteiger partial charge is 0.229 e. The van der Waals surface area contributed by atoms with Gasteiger partial charge in [-0.15, -0.1) is 0 Å². The van der Waals surface area contributed by atoms with Crippen molar-refractivity contribution in [1.29, 1.82) is 0 Å². The lowest BCUT2D eigenvalue weighted by molar-refractivity contribution is -0.122. The van der Waals surface area contributed by atoms with Crippen LogP contribution in [0, 0.1) is 19.8 Å². The number of hydrogen-bond donors (Lipinski definition) is 1. The van der Waals surface area contributed by atoms with Crippen molar-refractivity contribution in [2.24, 2.45) is 5.92 Å². The van der Waals surface area contributed by atoms with Crippen LogP contribution in [0.3, 0.4) is 0 Å². The van der Waals surface area contributed by atoms with Gasteiger partial charge >= 0.3 is 0 Å². The molecule has 0 bridgehead atoms. The van der Waals surface area contributed by atoms with Crippen molar-refractivity contribution in [3.63, 3.8) is 0 Å². The van der Waals surface area contributed by atoms with Crippen molar-refractivity contribution in [1.82, 2.24) is 5.32 Å². The van der Waals surface area contributed by atoms with E-state index in [4.69, 9.17) is 0 Å². The van der Waals surface area contributed by atoms with E-state index in [0.29, 0.717) is 0 Å². The predicted molar refractivity (Wildman–Crippen MR) is 74.9 cm³/mol. The first-order valence-electron chi connectivity index (χ1n) is 6.64. The van der Waals surface area contributed by atoms with Gasteiger partial charge in [0, 0.05) is 18.7 Å². The summed E-state index contributed by atoms with van der Waals surface area (Å²) in [6.07, 6.45) is 1.90. The van der Waals surface area contributed by atoms with E-state index in [1.807, 2.05) is 11.9 Å². The Hall–Kier alpha value is -1.35. The molecular weight excluding hydrogens is 224 g/mol. The van der Waals surface area contributed by atoms with E-state index in [9.17, 15) is 4.79 Å². The molecule has 0 unspecified atom stereocenters. The van der Waals surface area contributed by atoms with E-state index in [-0.39, 0.29) is 11.8 Å². The molecule has 0 atom stereocenters. The molecule has 0 aliphatic carbocycles. The molecule has 3 heteroatoms. The molecule has 0 spiro atoms. The first-order chi connectivity index (χ1) is 8.58. The van der Waals surface area contributed by atoms with Crippen molar-refractivity contribution in [3.8, 4) is 0 Å². The summed E-state index contributed by atoms with van der Waals surface area (Å²) in [7, 11) is 1.89. The molecule has 1 aromatic rings. The standard InChI is InChI=1S/C15H22N2O/c1-11-8-12(2)10-14(9-11)17(3)15(18)13-4-6-16-7-5-13/h8-10,13,16H,4-7H2,1-3H3. The molecule has 1 saturated heterocycles. The highest BCUT2D eigenvalue weighted by molar-refractivity contribution is 5.94. The number of carbonyl (C=O) groups excluding carboxylic acids is 1. The van der Waals surface area contributed by atoms with Crippen molar-refractivity contribution in [3.05, 3.63) is 29.3 Å². The fourth-order valence-electron chi connectivity index (χ4n) is 2.61. The SMILES string of the molecule is Cc1cc(C)cc(N(C)C(=O)C2CCNCC2)c1. The highest BCUT2D eigenvalue weighted by atomic mass is 16.2. The molecule has 2 rings (SSSR count). The number of nitrogens with zero attached hydrogens (tertiary/aromatic N) is 1. The van der Waals surface area contributed by atoms with E-state index in [0.717, 1.165) is 31.6 Å². The van der Waals surface area contributed by atoms with Crippen LogP contribution < -0.4 is 10.2 Å². The lowest BCUT2D eigenvalue weighted by atomic mass is 9.96. The van der Waals surface area contributed by atoms with E-state index in [1.165, 1.54) is 11.1 Å². The number of nitrogens with one attached hydrogen (secondary N) is 1. The third-order valence-electron chi connectivity index (χ3n) is 3.61. The Bertz CT molecular complexity index is 416. The van der Waals surface area contributed by atoms with Gasteiger partial charge in [0.15, 0.2) is 0 Å². The number of aryl methyl sites for hydroxylation is 2. The zero-order chi connectivity index (χ0) is 13.1. The van der Waals surface area contributed by atoms with Gasteiger partial charge < -0.3 is 10.2 Å². The van der Waals surface area contributed by atoms with Crippen LogP contribution in [-0.4, -0.2) is 26.0 Å². The van der Waals surface area contributed by atoms with Crippen LogP contribution in [0.2, 0.25) is 0 Å². The monoisotopic (exact) mass is 246 g/mol. The number of anilines is 1. The first kappa shape index (κ1) is 13.1. The summed E-state index contributed by atoms with van der Waals surface area (Å²) in [5.74, 6) is 0.429. The Labute approximate surface area is 109 Å². The minimum Gasteiger partial charge on any atom is -0.317 e. The number of rotatable bonds is 2. The van der Waals surface area contributed by atoms with Gasteiger partial charge in [-0.25, -0.2) is 0 Å². The third kappa shape index (κ3) is 2.91. The average Bonchev–Trinajstić information content (AvgIpc) is 2.37. The normalized spacial score (nSPS) is 16.6. The summed E-state index contributed by atoms with van der Waals surface area (Å²) in [6, 6.07) is 6.28. The van der Waals surface area contributed by atoms with Crippen LogP contribution in [-0.2, 0) is 4.79 Å². The van der Waals surface area contributed by atoms with Gasteiger partial charge in [0.25, 0.3) is 0 Å². The Morgan fingerprint density at radius 1 is 1.17 bits per heavy atom. The Balaban J connectivity index is 2.14. The summed E-state index contributed by atoms with van der Waals surface area (Å²) in [6.45, 7) is 6.05. The summed E-state index contributed by atoms with van der Waals surface area (Å²) in [5.41, 5.74) is 3.42. The summed E-state index contributed by atoms with van der Waals surface area (Å²) < 4.78 is 0. The Morgan fingerprint density at radius 2 is 1.72 bits per heavy atom. The number of hydrogen-bond acceptors (Lipinski definition) is 2.